The van der Waals surface area contributed by atoms with Crippen LogP contribution in [0.25, 0.3) is 5.52 Å². The van der Waals surface area contributed by atoms with Gasteiger partial charge >= 0.3 is 0 Å². The summed E-state index contributed by atoms with van der Waals surface area (Å²) in [4.78, 5) is 19.7. The van der Waals surface area contributed by atoms with E-state index in [1.54, 1.807) is 0 Å². The fourth-order valence-corrected chi connectivity index (χ4v) is 4.07. The molecule has 2 aromatic heterocycles. The zero-order chi connectivity index (χ0) is 17.2. The summed E-state index contributed by atoms with van der Waals surface area (Å²) >= 11 is 0. The van der Waals surface area contributed by atoms with Crippen LogP contribution in [0.4, 0.5) is 5.82 Å². The van der Waals surface area contributed by atoms with Crippen LogP contribution in [0, 0.1) is 5.92 Å². The molecular weight excluding hydrogens is 316 g/mol. The second kappa shape index (κ2) is 7.04. The molecule has 4 heterocycles. The van der Waals surface area contributed by atoms with E-state index in [0.29, 0.717) is 25.0 Å². The van der Waals surface area contributed by atoms with Gasteiger partial charge in [-0.15, -0.1) is 0 Å². The van der Waals surface area contributed by atoms with E-state index in [9.17, 15) is 4.79 Å². The van der Waals surface area contributed by atoms with Crippen molar-refractivity contribution >= 4 is 17.2 Å². The van der Waals surface area contributed by atoms with E-state index in [1.165, 1.54) is 0 Å². The van der Waals surface area contributed by atoms with Gasteiger partial charge in [-0.2, -0.15) is 0 Å². The quantitative estimate of drug-likeness (QED) is 0.931. The Hall–Kier alpha value is -2.08. The first kappa shape index (κ1) is 16.4. The van der Waals surface area contributed by atoms with Crippen LogP contribution in [0.5, 0.6) is 0 Å². The molecule has 4 rings (SSSR count). The summed E-state index contributed by atoms with van der Waals surface area (Å²) in [5.74, 6) is 1.65. The number of nitrogens with zero attached hydrogens (tertiary/aromatic N) is 3. The van der Waals surface area contributed by atoms with E-state index in [2.05, 4.69) is 33.1 Å². The summed E-state index contributed by atoms with van der Waals surface area (Å²) in [6, 6.07) is 4.09. The van der Waals surface area contributed by atoms with Crippen molar-refractivity contribution in [2.24, 2.45) is 5.92 Å². The van der Waals surface area contributed by atoms with Gasteiger partial charge in [0.1, 0.15) is 5.82 Å². The number of anilines is 1. The molecule has 1 amide bonds. The van der Waals surface area contributed by atoms with Crippen LogP contribution < -0.4 is 5.32 Å². The molecule has 2 saturated heterocycles. The molecule has 0 bridgehead atoms. The molecule has 25 heavy (non-hydrogen) atoms. The number of ether oxygens (including phenoxy) is 1. The highest BCUT2D eigenvalue weighted by Crippen LogP contribution is 2.29. The minimum atomic E-state index is 0.139. The number of fused-ring (bicyclic) bond motifs is 1. The minimum Gasteiger partial charge on any atom is -0.381 e. The summed E-state index contributed by atoms with van der Waals surface area (Å²) in [5, 5.41) is 3.19. The average Bonchev–Trinajstić information content (AvgIpc) is 3.16. The lowest BCUT2D eigenvalue weighted by atomic mass is 9.92. The van der Waals surface area contributed by atoms with Gasteiger partial charge in [-0.3, -0.25) is 4.79 Å². The van der Waals surface area contributed by atoms with Crippen molar-refractivity contribution in [1.29, 1.82) is 0 Å². The molecule has 2 aliphatic heterocycles. The molecule has 2 aliphatic rings. The molecule has 0 spiro atoms. The van der Waals surface area contributed by atoms with Crippen molar-refractivity contribution < 1.29 is 9.53 Å². The molecule has 0 saturated carbocycles. The second-order valence-corrected chi connectivity index (χ2v) is 7.08. The highest BCUT2D eigenvalue weighted by Gasteiger charge is 2.31. The summed E-state index contributed by atoms with van der Waals surface area (Å²) < 4.78 is 7.51. The first-order chi connectivity index (χ1) is 12.3. The van der Waals surface area contributed by atoms with Gasteiger partial charge < -0.3 is 19.4 Å². The lowest BCUT2D eigenvalue weighted by molar-refractivity contribution is -0.139. The Labute approximate surface area is 148 Å². The van der Waals surface area contributed by atoms with Crippen LogP contribution in [0.3, 0.4) is 0 Å². The van der Waals surface area contributed by atoms with Crippen molar-refractivity contribution in [3.63, 3.8) is 0 Å². The monoisotopic (exact) mass is 342 g/mol. The van der Waals surface area contributed by atoms with Crippen LogP contribution >= 0.6 is 0 Å². The maximum Gasteiger partial charge on any atom is 0.225 e. The number of carbonyl (C=O) groups excluding carboxylic acids is 1. The van der Waals surface area contributed by atoms with Gasteiger partial charge in [0.2, 0.25) is 5.91 Å². The number of carbonyl (C=O) groups is 1. The molecule has 0 radical (unpaired) electrons. The Balaban J connectivity index is 1.53. The van der Waals surface area contributed by atoms with Crippen LogP contribution in [-0.2, 0) is 9.53 Å². The van der Waals surface area contributed by atoms with Crippen LogP contribution in [0.15, 0.2) is 24.5 Å². The van der Waals surface area contributed by atoms with Crippen LogP contribution in [0.2, 0.25) is 0 Å². The second-order valence-electron chi connectivity index (χ2n) is 7.08. The maximum absolute atomic E-state index is 12.9. The van der Waals surface area contributed by atoms with E-state index in [4.69, 9.17) is 9.72 Å². The third-order valence-electron chi connectivity index (χ3n) is 5.49. The topological polar surface area (TPSA) is 58.9 Å². The van der Waals surface area contributed by atoms with E-state index in [1.807, 2.05) is 13.1 Å². The number of rotatable bonds is 3. The van der Waals surface area contributed by atoms with Gasteiger partial charge in [-0.05, 0) is 37.8 Å². The Bertz CT molecular complexity index is 751. The third kappa shape index (κ3) is 3.23. The van der Waals surface area contributed by atoms with Gasteiger partial charge in [-0.25, -0.2) is 4.98 Å². The number of nitrogens with one attached hydrogen (secondary N) is 1. The maximum atomic E-state index is 12.9. The summed E-state index contributed by atoms with van der Waals surface area (Å²) in [7, 11) is 1.90. The molecule has 6 heteroatoms. The molecule has 0 aromatic carbocycles. The zero-order valence-corrected chi connectivity index (χ0v) is 14.8. The number of piperidine rings is 1. The average molecular weight is 342 g/mol. The van der Waals surface area contributed by atoms with Crippen LogP contribution in [-0.4, -0.2) is 53.5 Å². The van der Waals surface area contributed by atoms with Crippen molar-refractivity contribution in [2.75, 3.05) is 38.7 Å². The summed E-state index contributed by atoms with van der Waals surface area (Å²) in [6.07, 6.45) is 8.01. The van der Waals surface area contributed by atoms with Gasteiger partial charge in [0.15, 0.2) is 0 Å². The number of hydrogen-bond donors (Lipinski definition) is 1. The molecule has 0 aliphatic carbocycles. The Morgan fingerprint density at radius 3 is 2.96 bits per heavy atom. The fraction of sp³-hybridized carbons (Fsp3) is 0.579. The molecule has 2 fully saturated rings. The van der Waals surface area contributed by atoms with E-state index >= 15 is 0 Å². The number of likely N-dealkylation sites (tertiary alicyclic amines) is 1. The normalized spacial score (nSPS) is 22.3. The van der Waals surface area contributed by atoms with E-state index in [0.717, 1.165) is 55.8 Å². The molecule has 2 aromatic rings. The van der Waals surface area contributed by atoms with Crippen molar-refractivity contribution in [1.82, 2.24) is 14.3 Å². The largest absolute Gasteiger partial charge is 0.381 e. The number of amides is 1. The van der Waals surface area contributed by atoms with Crippen molar-refractivity contribution in [3.8, 4) is 0 Å². The highest BCUT2D eigenvalue weighted by molar-refractivity contribution is 5.79. The molecule has 0 unspecified atom stereocenters. The zero-order valence-electron chi connectivity index (χ0n) is 14.8. The lowest BCUT2D eigenvalue weighted by Crippen LogP contribution is -2.43. The first-order valence-electron chi connectivity index (χ1n) is 9.28. The summed E-state index contributed by atoms with van der Waals surface area (Å²) in [5.41, 5.74) is 2.15. The van der Waals surface area contributed by atoms with E-state index < -0.39 is 0 Å². The smallest absolute Gasteiger partial charge is 0.225 e. The van der Waals surface area contributed by atoms with Gasteiger partial charge in [0.05, 0.1) is 11.2 Å². The Kier molecular flexibility index (Phi) is 4.61. The number of aromatic nitrogens is 2. The van der Waals surface area contributed by atoms with Gasteiger partial charge in [-0.1, -0.05) is 0 Å². The third-order valence-corrected chi connectivity index (χ3v) is 5.49. The minimum absolute atomic E-state index is 0.139. The molecule has 6 nitrogen and oxygen atoms in total. The summed E-state index contributed by atoms with van der Waals surface area (Å²) in [6.45, 7) is 3.08. The van der Waals surface area contributed by atoms with E-state index in [-0.39, 0.29) is 5.92 Å². The predicted molar refractivity (Wildman–Crippen MR) is 96.8 cm³/mol. The highest BCUT2D eigenvalue weighted by atomic mass is 16.5. The van der Waals surface area contributed by atoms with Gasteiger partial charge in [0, 0.05) is 57.6 Å². The molecular formula is C19H26N4O2. The Morgan fingerprint density at radius 1 is 1.32 bits per heavy atom. The SMILES string of the molecule is CNc1nc([C@H]2CCCN(C(=O)C3CCOCC3)C2)cn2cccc12. The predicted octanol–water partition coefficient (Wildman–Crippen LogP) is 2.51. The molecule has 134 valence electrons. The molecule has 1 atom stereocenters. The standard InChI is InChI=1S/C19H26N4O2/c1-20-18-17-5-3-8-22(17)13-16(21-18)15-4-2-9-23(12-15)19(24)14-6-10-25-11-7-14/h3,5,8,13-15H,2,4,6-7,9-12H2,1H3,(H,20,21)/t15-/m0/s1. The van der Waals surface area contributed by atoms with Gasteiger partial charge in [0.25, 0.3) is 0 Å². The number of hydrogen-bond acceptors (Lipinski definition) is 4. The van der Waals surface area contributed by atoms with Crippen molar-refractivity contribution in [2.45, 2.75) is 31.6 Å². The first-order valence-corrected chi connectivity index (χ1v) is 9.28. The van der Waals surface area contributed by atoms with Crippen LogP contribution in [0.1, 0.15) is 37.3 Å². The lowest BCUT2D eigenvalue weighted by Gasteiger charge is -2.35. The Morgan fingerprint density at radius 2 is 2.16 bits per heavy atom. The van der Waals surface area contributed by atoms with Crippen molar-refractivity contribution in [3.05, 3.63) is 30.2 Å². The molecule has 1 N–H and O–H groups in total. The fourth-order valence-electron chi connectivity index (χ4n) is 4.07.